The zero-order chi connectivity index (χ0) is 15.0. The van der Waals surface area contributed by atoms with Gasteiger partial charge in [0.1, 0.15) is 6.26 Å². The monoisotopic (exact) mass is 313 g/mol. The van der Waals surface area contributed by atoms with Crippen molar-refractivity contribution in [1.82, 2.24) is 15.0 Å². The number of sulfone groups is 1. The van der Waals surface area contributed by atoms with E-state index >= 15 is 0 Å². The van der Waals surface area contributed by atoms with E-state index in [-0.39, 0.29) is 35.2 Å². The van der Waals surface area contributed by atoms with Gasteiger partial charge < -0.3 is 9.42 Å². The number of carbonyl (C=O) groups excluding carboxylic acids is 1. The van der Waals surface area contributed by atoms with Gasteiger partial charge in [0.2, 0.25) is 0 Å². The highest BCUT2D eigenvalue weighted by Gasteiger charge is 2.48. The fourth-order valence-electron chi connectivity index (χ4n) is 3.31. The minimum absolute atomic E-state index is 0.0431. The second-order valence-electron chi connectivity index (χ2n) is 5.63. The van der Waals surface area contributed by atoms with Crippen LogP contribution in [0.1, 0.15) is 23.8 Å². The Morgan fingerprint density at radius 1 is 1.38 bits per heavy atom. The van der Waals surface area contributed by atoms with Gasteiger partial charge in [0.15, 0.2) is 15.5 Å². The zero-order valence-corrected chi connectivity index (χ0v) is 12.8. The molecule has 2 atom stereocenters. The fourth-order valence-corrected chi connectivity index (χ4v) is 5.32. The standard InChI is InChI=1S/C13H19N3O4S/c1-2-4-15-5-6-16(13(17)10-3-7-20-14-10)12-9-21(18,19)8-11(12)15/h3,7,11-12H,2,4-6,8-9H2,1H3/t11-,12+/m0/s1. The van der Waals surface area contributed by atoms with Gasteiger partial charge in [-0.2, -0.15) is 0 Å². The molecule has 3 rings (SSSR count). The predicted octanol–water partition coefficient (Wildman–Crippen LogP) is 0.00800. The van der Waals surface area contributed by atoms with Crippen molar-refractivity contribution in [1.29, 1.82) is 0 Å². The summed E-state index contributed by atoms with van der Waals surface area (Å²) in [5, 5.41) is 3.67. The smallest absolute Gasteiger partial charge is 0.276 e. The molecule has 2 saturated heterocycles. The Hall–Kier alpha value is -1.41. The Morgan fingerprint density at radius 3 is 2.81 bits per heavy atom. The number of hydrogen-bond donors (Lipinski definition) is 0. The van der Waals surface area contributed by atoms with E-state index in [2.05, 4.69) is 17.0 Å². The molecule has 21 heavy (non-hydrogen) atoms. The van der Waals surface area contributed by atoms with Crippen molar-refractivity contribution in [3.8, 4) is 0 Å². The van der Waals surface area contributed by atoms with Crippen LogP contribution in [0, 0.1) is 0 Å². The van der Waals surface area contributed by atoms with Crippen LogP contribution in [0.4, 0.5) is 0 Å². The van der Waals surface area contributed by atoms with Gasteiger partial charge in [-0.05, 0) is 13.0 Å². The van der Waals surface area contributed by atoms with E-state index in [0.717, 1.165) is 13.0 Å². The second-order valence-corrected chi connectivity index (χ2v) is 7.78. The fraction of sp³-hybridized carbons (Fsp3) is 0.692. The van der Waals surface area contributed by atoms with Crippen molar-refractivity contribution >= 4 is 15.7 Å². The third-order valence-electron chi connectivity index (χ3n) is 4.22. The molecule has 8 heteroatoms. The largest absolute Gasteiger partial charge is 0.364 e. The maximum Gasteiger partial charge on any atom is 0.276 e. The summed E-state index contributed by atoms with van der Waals surface area (Å²) in [6, 6.07) is 1.14. The van der Waals surface area contributed by atoms with Crippen molar-refractivity contribution < 1.29 is 17.7 Å². The third kappa shape index (κ3) is 2.69. The lowest BCUT2D eigenvalue weighted by Crippen LogP contribution is -2.60. The molecule has 3 heterocycles. The number of fused-ring (bicyclic) bond motifs is 1. The second kappa shape index (κ2) is 5.42. The lowest BCUT2D eigenvalue weighted by atomic mass is 10.0. The number of amides is 1. The van der Waals surface area contributed by atoms with E-state index in [4.69, 9.17) is 4.52 Å². The highest BCUT2D eigenvalue weighted by atomic mass is 32.2. The first-order chi connectivity index (χ1) is 10.0. The molecular weight excluding hydrogens is 294 g/mol. The summed E-state index contributed by atoms with van der Waals surface area (Å²) in [5.41, 5.74) is 0.238. The predicted molar refractivity (Wildman–Crippen MR) is 75.6 cm³/mol. The van der Waals surface area contributed by atoms with Crippen molar-refractivity contribution in [3.63, 3.8) is 0 Å². The number of carbonyl (C=O) groups is 1. The molecule has 2 aliphatic heterocycles. The van der Waals surface area contributed by atoms with E-state index in [9.17, 15) is 13.2 Å². The summed E-state index contributed by atoms with van der Waals surface area (Å²) in [6.45, 7) is 4.17. The normalized spacial score (nSPS) is 28.5. The number of rotatable bonds is 3. The van der Waals surface area contributed by atoms with E-state index in [1.807, 2.05) is 0 Å². The first kappa shape index (κ1) is 14.5. The highest BCUT2D eigenvalue weighted by molar-refractivity contribution is 7.91. The molecule has 0 N–H and O–H groups in total. The maximum atomic E-state index is 12.5. The minimum Gasteiger partial charge on any atom is -0.364 e. The molecule has 1 aromatic heterocycles. The molecule has 2 fully saturated rings. The van der Waals surface area contributed by atoms with Gasteiger partial charge in [-0.25, -0.2) is 8.42 Å². The van der Waals surface area contributed by atoms with Gasteiger partial charge in [-0.3, -0.25) is 9.69 Å². The molecule has 2 aliphatic rings. The van der Waals surface area contributed by atoms with Crippen molar-refractivity contribution in [2.75, 3.05) is 31.1 Å². The zero-order valence-electron chi connectivity index (χ0n) is 11.9. The van der Waals surface area contributed by atoms with Crippen LogP contribution < -0.4 is 0 Å². The van der Waals surface area contributed by atoms with Crippen LogP contribution in [0.2, 0.25) is 0 Å². The molecule has 0 spiro atoms. The van der Waals surface area contributed by atoms with Crippen LogP contribution in [0.5, 0.6) is 0 Å². The van der Waals surface area contributed by atoms with Gasteiger partial charge in [0, 0.05) is 25.2 Å². The van der Waals surface area contributed by atoms with E-state index in [1.165, 1.54) is 12.3 Å². The Balaban J connectivity index is 1.86. The van der Waals surface area contributed by atoms with Gasteiger partial charge in [-0.15, -0.1) is 0 Å². The Bertz CT molecular complexity index is 613. The van der Waals surface area contributed by atoms with Crippen LogP contribution in [-0.2, 0) is 9.84 Å². The lowest BCUT2D eigenvalue weighted by Gasteiger charge is -2.43. The molecule has 0 bridgehead atoms. The third-order valence-corrected chi connectivity index (χ3v) is 5.92. The Kier molecular flexibility index (Phi) is 3.75. The van der Waals surface area contributed by atoms with E-state index < -0.39 is 9.84 Å². The van der Waals surface area contributed by atoms with Gasteiger partial charge in [0.25, 0.3) is 5.91 Å². The molecule has 7 nitrogen and oxygen atoms in total. The molecular formula is C13H19N3O4S. The number of aromatic nitrogens is 1. The van der Waals surface area contributed by atoms with Crippen LogP contribution in [0.25, 0.3) is 0 Å². The van der Waals surface area contributed by atoms with E-state index in [0.29, 0.717) is 13.1 Å². The van der Waals surface area contributed by atoms with Crippen LogP contribution in [0.15, 0.2) is 16.9 Å². The first-order valence-electron chi connectivity index (χ1n) is 7.17. The lowest BCUT2D eigenvalue weighted by molar-refractivity contribution is 0.0325. The maximum absolute atomic E-state index is 12.5. The SMILES string of the molecule is CCCN1CCN(C(=O)c2ccon2)[C@@H]2CS(=O)(=O)C[C@@H]21. The molecule has 116 valence electrons. The van der Waals surface area contributed by atoms with Crippen LogP contribution in [0.3, 0.4) is 0 Å². The summed E-state index contributed by atoms with van der Waals surface area (Å²) in [4.78, 5) is 16.3. The quantitative estimate of drug-likeness (QED) is 0.781. The van der Waals surface area contributed by atoms with E-state index in [1.54, 1.807) is 4.90 Å². The van der Waals surface area contributed by atoms with Crippen LogP contribution in [-0.4, -0.2) is 72.5 Å². The Morgan fingerprint density at radius 2 is 2.14 bits per heavy atom. The highest BCUT2D eigenvalue weighted by Crippen LogP contribution is 2.28. The first-order valence-corrected chi connectivity index (χ1v) is 9.00. The van der Waals surface area contributed by atoms with Crippen LogP contribution >= 0.6 is 0 Å². The van der Waals surface area contributed by atoms with Gasteiger partial charge in [0.05, 0.1) is 17.5 Å². The van der Waals surface area contributed by atoms with Crippen molar-refractivity contribution in [3.05, 3.63) is 18.0 Å². The average molecular weight is 313 g/mol. The number of hydrogen-bond acceptors (Lipinski definition) is 6. The van der Waals surface area contributed by atoms with Crippen molar-refractivity contribution in [2.45, 2.75) is 25.4 Å². The van der Waals surface area contributed by atoms with Gasteiger partial charge >= 0.3 is 0 Å². The van der Waals surface area contributed by atoms with Gasteiger partial charge in [-0.1, -0.05) is 12.1 Å². The molecule has 1 aromatic rings. The summed E-state index contributed by atoms with van der Waals surface area (Å²) >= 11 is 0. The molecule has 1 amide bonds. The number of nitrogens with zero attached hydrogens (tertiary/aromatic N) is 3. The summed E-state index contributed by atoms with van der Waals surface area (Å²) in [7, 11) is -3.09. The summed E-state index contributed by atoms with van der Waals surface area (Å²) in [6.07, 6.45) is 2.32. The van der Waals surface area contributed by atoms with Crippen molar-refractivity contribution in [2.24, 2.45) is 0 Å². The molecule has 0 saturated carbocycles. The molecule has 0 aliphatic carbocycles. The summed E-state index contributed by atoms with van der Waals surface area (Å²) < 4.78 is 28.7. The molecule has 0 radical (unpaired) electrons. The number of piperazine rings is 1. The summed E-state index contributed by atoms with van der Waals surface area (Å²) in [5.74, 6) is -0.0612. The average Bonchev–Trinajstić information content (AvgIpc) is 3.05. The molecule has 0 unspecified atom stereocenters. The minimum atomic E-state index is -3.09. The topological polar surface area (TPSA) is 83.7 Å². The molecule has 0 aromatic carbocycles. The Labute approximate surface area is 123 Å².